The molecular formula is C14H17NO4. The van der Waals surface area contributed by atoms with E-state index in [1.807, 2.05) is 13.8 Å². The lowest BCUT2D eigenvalue weighted by atomic mass is 10.1. The second-order valence-electron chi connectivity index (χ2n) is 5.14. The van der Waals surface area contributed by atoms with Crippen molar-refractivity contribution >= 4 is 11.5 Å². The van der Waals surface area contributed by atoms with Crippen LogP contribution in [-0.2, 0) is 11.2 Å². The topological polar surface area (TPSA) is 69.4 Å². The molecule has 0 saturated heterocycles. The highest BCUT2D eigenvalue weighted by Gasteiger charge is 2.29. The molecule has 1 aromatic rings. The van der Waals surface area contributed by atoms with Gasteiger partial charge in [-0.05, 0) is 38.3 Å². The molecule has 5 nitrogen and oxygen atoms in total. The van der Waals surface area contributed by atoms with Gasteiger partial charge in [0.15, 0.2) is 5.75 Å². The van der Waals surface area contributed by atoms with Gasteiger partial charge in [0, 0.05) is 18.4 Å². The molecule has 0 radical (unpaired) electrons. The normalized spacial score (nSPS) is 14.5. The lowest BCUT2D eigenvalue weighted by Gasteiger charge is -2.11. The average Bonchev–Trinajstić information content (AvgIpc) is 3.11. The van der Waals surface area contributed by atoms with Gasteiger partial charge in [-0.15, -0.1) is 0 Å². The Morgan fingerprint density at radius 1 is 1.47 bits per heavy atom. The van der Waals surface area contributed by atoms with E-state index in [0.29, 0.717) is 6.42 Å². The Morgan fingerprint density at radius 2 is 2.16 bits per heavy atom. The van der Waals surface area contributed by atoms with E-state index in [4.69, 9.17) is 4.74 Å². The summed E-state index contributed by atoms with van der Waals surface area (Å²) in [4.78, 5) is 22.2. The van der Waals surface area contributed by atoms with Crippen molar-refractivity contribution in [1.82, 2.24) is 0 Å². The number of nitrogens with zero attached hydrogens (tertiary/aromatic N) is 1. The predicted octanol–water partition coefficient (Wildman–Crippen LogP) is 2.90. The monoisotopic (exact) mass is 263 g/mol. The zero-order valence-electron chi connectivity index (χ0n) is 11.1. The summed E-state index contributed by atoms with van der Waals surface area (Å²) in [6.07, 6.45) is 2.13. The van der Waals surface area contributed by atoms with Crippen molar-refractivity contribution in [2.24, 2.45) is 5.92 Å². The van der Waals surface area contributed by atoms with Gasteiger partial charge in [0.2, 0.25) is 0 Å². The minimum absolute atomic E-state index is 0.0590. The Morgan fingerprint density at radius 3 is 2.68 bits per heavy atom. The van der Waals surface area contributed by atoms with Crippen molar-refractivity contribution in [3.63, 3.8) is 0 Å². The Bertz CT molecular complexity index is 506. The van der Waals surface area contributed by atoms with Crippen molar-refractivity contribution in [1.29, 1.82) is 0 Å². The van der Waals surface area contributed by atoms with Crippen LogP contribution in [0.5, 0.6) is 5.75 Å². The number of carbonyl (C=O) groups is 1. The number of hydrogen-bond acceptors (Lipinski definition) is 4. The summed E-state index contributed by atoms with van der Waals surface area (Å²) in [5, 5.41) is 10.9. The maximum atomic E-state index is 11.8. The number of ketones is 1. The third-order valence-electron chi connectivity index (χ3n) is 2.99. The molecule has 1 fully saturated rings. The number of Topliss-reactive ketones (excluding diaryl/α,β-unsaturated/α-hetero) is 1. The van der Waals surface area contributed by atoms with E-state index >= 15 is 0 Å². The van der Waals surface area contributed by atoms with Crippen LogP contribution in [0.2, 0.25) is 0 Å². The third kappa shape index (κ3) is 3.53. The molecule has 0 aliphatic heterocycles. The van der Waals surface area contributed by atoms with E-state index in [9.17, 15) is 14.9 Å². The van der Waals surface area contributed by atoms with Crippen LogP contribution in [0.25, 0.3) is 0 Å². The van der Waals surface area contributed by atoms with Crippen LogP contribution in [0.15, 0.2) is 18.2 Å². The van der Waals surface area contributed by atoms with E-state index in [-0.39, 0.29) is 29.2 Å². The van der Waals surface area contributed by atoms with E-state index in [1.54, 1.807) is 12.1 Å². The smallest absolute Gasteiger partial charge is 0.310 e. The van der Waals surface area contributed by atoms with Gasteiger partial charge in [0.05, 0.1) is 11.0 Å². The van der Waals surface area contributed by atoms with Gasteiger partial charge < -0.3 is 4.74 Å². The lowest BCUT2D eigenvalue weighted by molar-refractivity contribution is -0.386. The number of rotatable bonds is 6. The first-order valence-electron chi connectivity index (χ1n) is 6.44. The van der Waals surface area contributed by atoms with E-state index < -0.39 is 4.92 Å². The van der Waals surface area contributed by atoms with Crippen LogP contribution in [0.4, 0.5) is 5.69 Å². The molecule has 5 heteroatoms. The Labute approximate surface area is 111 Å². The number of nitro groups is 1. The minimum Gasteiger partial charge on any atom is -0.484 e. The average molecular weight is 263 g/mol. The molecule has 1 aromatic carbocycles. The molecule has 0 aromatic heterocycles. The van der Waals surface area contributed by atoms with Crippen molar-refractivity contribution in [2.45, 2.75) is 39.2 Å². The fraction of sp³-hybridized carbons (Fsp3) is 0.500. The fourth-order valence-electron chi connectivity index (χ4n) is 1.92. The van der Waals surface area contributed by atoms with Gasteiger partial charge in [-0.1, -0.05) is 6.07 Å². The molecule has 2 rings (SSSR count). The molecule has 19 heavy (non-hydrogen) atoms. The lowest BCUT2D eigenvalue weighted by Crippen LogP contribution is -2.09. The van der Waals surface area contributed by atoms with Crippen molar-refractivity contribution in [3.8, 4) is 5.75 Å². The van der Waals surface area contributed by atoms with Crippen LogP contribution in [0, 0.1) is 16.0 Å². The van der Waals surface area contributed by atoms with E-state index in [2.05, 4.69) is 0 Å². The molecule has 0 N–H and O–H groups in total. The summed E-state index contributed by atoms with van der Waals surface area (Å²) in [5.41, 5.74) is 0.717. The number of benzene rings is 1. The number of ether oxygens (including phenoxy) is 1. The molecule has 0 spiro atoms. The third-order valence-corrected chi connectivity index (χ3v) is 2.99. The SMILES string of the molecule is CC(C)Oc1cc(CC(=O)C2CC2)ccc1[N+](=O)[O-]. The highest BCUT2D eigenvalue weighted by molar-refractivity contribution is 5.85. The van der Waals surface area contributed by atoms with Crippen molar-refractivity contribution < 1.29 is 14.5 Å². The summed E-state index contributed by atoms with van der Waals surface area (Å²) >= 11 is 0. The molecule has 0 amide bonds. The molecule has 0 unspecified atom stereocenters. The Balaban J connectivity index is 2.20. The first-order chi connectivity index (χ1) is 8.97. The highest BCUT2D eigenvalue weighted by Crippen LogP contribution is 2.33. The zero-order valence-corrected chi connectivity index (χ0v) is 11.1. The second kappa shape index (κ2) is 5.38. The van der Waals surface area contributed by atoms with Crippen molar-refractivity contribution in [3.05, 3.63) is 33.9 Å². The second-order valence-corrected chi connectivity index (χ2v) is 5.14. The van der Waals surface area contributed by atoms with Crippen LogP contribution in [0.1, 0.15) is 32.3 Å². The Hall–Kier alpha value is -1.91. The summed E-state index contributed by atoms with van der Waals surface area (Å²) in [6, 6.07) is 4.65. The first-order valence-corrected chi connectivity index (χ1v) is 6.44. The van der Waals surface area contributed by atoms with Crippen LogP contribution < -0.4 is 4.74 Å². The Kier molecular flexibility index (Phi) is 3.83. The van der Waals surface area contributed by atoms with Crippen LogP contribution in [0.3, 0.4) is 0 Å². The molecular weight excluding hydrogens is 246 g/mol. The van der Waals surface area contributed by atoms with Gasteiger partial charge in [-0.2, -0.15) is 0 Å². The van der Waals surface area contributed by atoms with Crippen LogP contribution >= 0.6 is 0 Å². The van der Waals surface area contributed by atoms with E-state index in [0.717, 1.165) is 18.4 Å². The summed E-state index contributed by atoms with van der Waals surface area (Å²) in [6.45, 7) is 3.62. The first kappa shape index (κ1) is 13.5. The molecule has 1 saturated carbocycles. The molecule has 1 aliphatic rings. The highest BCUT2D eigenvalue weighted by atomic mass is 16.6. The van der Waals surface area contributed by atoms with Crippen molar-refractivity contribution in [2.75, 3.05) is 0 Å². The maximum Gasteiger partial charge on any atom is 0.310 e. The van der Waals surface area contributed by atoms with Gasteiger partial charge in [0.1, 0.15) is 5.78 Å². The maximum absolute atomic E-state index is 11.8. The summed E-state index contributed by atoms with van der Waals surface area (Å²) in [7, 11) is 0. The minimum atomic E-state index is -0.468. The standard InChI is InChI=1S/C14H17NO4/c1-9(2)19-14-8-10(3-6-12(14)15(17)18)7-13(16)11-4-5-11/h3,6,8-9,11H,4-5,7H2,1-2H3. The van der Waals surface area contributed by atoms with Crippen LogP contribution in [-0.4, -0.2) is 16.8 Å². The number of nitro benzene ring substituents is 1. The number of carbonyl (C=O) groups excluding carboxylic acids is 1. The fourth-order valence-corrected chi connectivity index (χ4v) is 1.92. The molecule has 0 atom stereocenters. The molecule has 102 valence electrons. The molecule has 1 aliphatic carbocycles. The van der Waals surface area contributed by atoms with Gasteiger partial charge in [0.25, 0.3) is 0 Å². The van der Waals surface area contributed by atoms with Gasteiger partial charge in [-0.25, -0.2) is 0 Å². The summed E-state index contributed by atoms with van der Waals surface area (Å²) in [5.74, 6) is 0.648. The van der Waals surface area contributed by atoms with Gasteiger partial charge in [-0.3, -0.25) is 14.9 Å². The largest absolute Gasteiger partial charge is 0.484 e. The quantitative estimate of drug-likeness (QED) is 0.584. The number of hydrogen-bond donors (Lipinski definition) is 0. The molecule has 0 bridgehead atoms. The summed E-state index contributed by atoms with van der Waals surface area (Å²) < 4.78 is 5.45. The molecule has 0 heterocycles. The zero-order chi connectivity index (χ0) is 14.0. The van der Waals surface area contributed by atoms with Gasteiger partial charge >= 0.3 is 5.69 Å². The predicted molar refractivity (Wildman–Crippen MR) is 70.3 cm³/mol. The van der Waals surface area contributed by atoms with E-state index in [1.165, 1.54) is 6.07 Å².